The van der Waals surface area contributed by atoms with Crippen LogP contribution in [0.25, 0.3) is 11.3 Å². The third kappa shape index (κ3) is 1.90. The van der Waals surface area contributed by atoms with Gasteiger partial charge in [-0.15, -0.1) is 0 Å². The van der Waals surface area contributed by atoms with Gasteiger partial charge in [0, 0.05) is 5.56 Å². The molecule has 2 rings (SSSR count). The van der Waals surface area contributed by atoms with Gasteiger partial charge in [0.2, 0.25) is 0 Å². The SMILES string of the molecule is Cc1cc(C)c(-c2[nH]nc(C)c2C)cc1C(=O)O. The summed E-state index contributed by atoms with van der Waals surface area (Å²) < 4.78 is 0. The topological polar surface area (TPSA) is 66.0 Å². The molecular weight excluding hydrogens is 228 g/mol. The van der Waals surface area contributed by atoms with Crippen molar-refractivity contribution < 1.29 is 9.90 Å². The van der Waals surface area contributed by atoms with E-state index in [1.807, 2.05) is 33.8 Å². The van der Waals surface area contributed by atoms with E-state index in [2.05, 4.69) is 10.2 Å². The van der Waals surface area contributed by atoms with Gasteiger partial charge in [-0.2, -0.15) is 5.10 Å². The number of rotatable bonds is 2. The number of carboxylic acid groups (broad SMARTS) is 1. The Morgan fingerprint density at radius 2 is 1.83 bits per heavy atom. The van der Waals surface area contributed by atoms with Crippen molar-refractivity contribution in [1.29, 1.82) is 0 Å². The molecule has 1 aromatic carbocycles. The number of carbonyl (C=O) groups is 1. The molecule has 18 heavy (non-hydrogen) atoms. The zero-order valence-electron chi connectivity index (χ0n) is 11.0. The Morgan fingerprint density at radius 1 is 1.17 bits per heavy atom. The first kappa shape index (κ1) is 12.4. The molecule has 94 valence electrons. The lowest BCUT2D eigenvalue weighted by Gasteiger charge is -2.09. The summed E-state index contributed by atoms with van der Waals surface area (Å²) in [4.78, 5) is 11.2. The van der Waals surface area contributed by atoms with Crippen LogP contribution in [0.15, 0.2) is 12.1 Å². The first-order chi connectivity index (χ1) is 8.41. The minimum Gasteiger partial charge on any atom is -0.478 e. The molecule has 2 aromatic rings. The molecule has 0 radical (unpaired) electrons. The highest BCUT2D eigenvalue weighted by Gasteiger charge is 2.15. The molecule has 0 saturated heterocycles. The van der Waals surface area contributed by atoms with Crippen LogP contribution in [0.1, 0.15) is 32.7 Å². The first-order valence-electron chi connectivity index (χ1n) is 5.78. The van der Waals surface area contributed by atoms with Crippen molar-refractivity contribution in [2.75, 3.05) is 0 Å². The van der Waals surface area contributed by atoms with Crippen molar-refractivity contribution in [2.24, 2.45) is 0 Å². The summed E-state index contributed by atoms with van der Waals surface area (Å²) in [5.74, 6) is -0.900. The predicted molar refractivity (Wildman–Crippen MR) is 69.9 cm³/mol. The van der Waals surface area contributed by atoms with Crippen molar-refractivity contribution in [3.63, 3.8) is 0 Å². The van der Waals surface area contributed by atoms with Crippen molar-refractivity contribution in [3.05, 3.63) is 40.1 Å². The third-order valence-electron chi connectivity index (χ3n) is 3.32. The van der Waals surface area contributed by atoms with Crippen LogP contribution in [0.3, 0.4) is 0 Å². The van der Waals surface area contributed by atoms with E-state index in [0.29, 0.717) is 5.56 Å². The van der Waals surface area contributed by atoms with Gasteiger partial charge >= 0.3 is 5.97 Å². The van der Waals surface area contributed by atoms with E-state index in [1.165, 1.54) is 0 Å². The van der Waals surface area contributed by atoms with Gasteiger partial charge in [-0.05, 0) is 50.5 Å². The number of hydrogen-bond acceptors (Lipinski definition) is 2. The van der Waals surface area contributed by atoms with Crippen LogP contribution >= 0.6 is 0 Å². The summed E-state index contributed by atoms with van der Waals surface area (Å²) in [5.41, 5.74) is 5.94. The van der Waals surface area contributed by atoms with Crippen LogP contribution in [-0.2, 0) is 0 Å². The zero-order chi connectivity index (χ0) is 13.4. The van der Waals surface area contributed by atoms with Crippen LogP contribution in [0.2, 0.25) is 0 Å². The number of aromatic carboxylic acids is 1. The molecule has 0 atom stereocenters. The maximum atomic E-state index is 11.2. The Bertz CT molecular complexity index is 627. The molecule has 0 aliphatic carbocycles. The number of aromatic nitrogens is 2. The van der Waals surface area contributed by atoms with Crippen molar-refractivity contribution in [3.8, 4) is 11.3 Å². The lowest BCUT2D eigenvalue weighted by atomic mass is 9.96. The molecule has 0 fully saturated rings. The monoisotopic (exact) mass is 244 g/mol. The zero-order valence-corrected chi connectivity index (χ0v) is 11.0. The van der Waals surface area contributed by atoms with Gasteiger partial charge in [0.05, 0.1) is 17.0 Å². The van der Waals surface area contributed by atoms with Crippen LogP contribution in [0, 0.1) is 27.7 Å². The Balaban J connectivity index is 2.68. The highest BCUT2D eigenvalue weighted by atomic mass is 16.4. The number of carboxylic acids is 1. The molecule has 1 aromatic heterocycles. The standard InChI is InChI=1S/C14H16N2O2/c1-7-5-8(2)12(14(17)18)6-11(7)13-9(3)10(4)15-16-13/h5-6H,1-4H3,(H,15,16)(H,17,18). The van der Waals surface area contributed by atoms with Crippen molar-refractivity contribution >= 4 is 5.97 Å². The number of hydrogen-bond donors (Lipinski definition) is 2. The maximum Gasteiger partial charge on any atom is 0.335 e. The number of nitrogens with zero attached hydrogens (tertiary/aromatic N) is 1. The molecule has 0 saturated carbocycles. The average molecular weight is 244 g/mol. The van der Waals surface area contributed by atoms with Gasteiger partial charge in [-0.25, -0.2) is 4.79 Å². The quantitative estimate of drug-likeness (QED) is 0.853. The van der Waals surface area contributed by atoms with Gasteiger partial charge in [0.15, 0.2) is 0 Å². The molecule has 0 aliphatic rings. The number of H-pyrrole nitrogens is 1. The van der Waals surface area contributed by atoms with Gasteiger partial charge in [-0.3, -0.25) is 5.10 Å². The van der Waals surface area contributed by atoms with E-state index in [0.717, 1.165) is 33.6 Å². The van der Waals surface area contributed by atoms with E-state index < -0.39 is 5.97 Å². The number of nitrogens with one attached hydrogen (secondary N) is 1. The van der Waals surface area contributed by atoms with Gasteiger partial charge in [-0.1, -0.05) is 6.07 Å². The minimum absolute atomic E-state index is 0.335. The first-order valence-corrected chi connectivity index (χ1v) is 5.78. The molecule has 0 aliphatic heterocycles. The Morgan fingerprint density at radius 3 is 2.33 bits per heavy atom. The molecule has 1 heterocycles. The second kappa shape index (κ2) is 4.29. The summed E-state index contributed by atoms with van der Waals surface area (Å²) in [6.45, 7) is 7.69. The minimum atomic E-state index is -0.900. The smallest absolute Gasteiger partial charge is 0.335 e. The molecule has 2 N–H and O–H groups in total. The maximum absolute atomic E-state index is 11.2. The van der Waals surface area contributed by atoms with E-state index in [1.54, 1.807) is 6.07 Å². The highest BCUT2D eigenvalue weighted by molar-refractivity contribution is 5.91. The summed E-state index contributed by atoms with van der Waals surface area (Å²) in [5, 5.41) is 16.3. The van der Waals surface area contributed by atoms with Crippen molar-refractivity contribution in [2.45, 2.75) is 27.7 Å². The van der Waals surface area contributed by atoms with Crippen LogP contribution in [0.4, 0.5) is 0 Å². The molecule has 0 amide bonds. The highest BCUT2D eigenvalue weighted by Crippen LogP contribution is 2.28. The lowest BCUT2D eigenvalue weighted by molar-refractivity contribution is 0.0696. The van der Waals surface area contributed by atoms with Crippen LogP contribution < -0.4 is 0 Å². The predicted octanol–water partition coefficient (Wildman–Crippen LogP) is 3.01. The largest absolute Gasteiger partial charge is 0.478 e. The van der Waals surface area contributed by atoms with E-state index in [9.17, 15) is 9.90 Å². The van der Waals surface area contributed by atoms with Crippen LogP contribution in [-0.4, -0.2) is 21.3 Å². The third-order valence-corrected chi connectivity index (χ3v) is 3.32. The van der Waals surface area contributed by atoms with E-state index in [4.69, 9.17) is 0 Å². The Labute approximate surface area is 106 Å². The second-order valence-corrected chi connectivity index (χ2v) is 4.60. The molecule has 0 unspecified atom stereocenters. The van der Waals surface area contributed by atoms with E-state index >= 15 is 0 Å². The molecule has 0 bridgehead atoms. The number of aryl methyl sites for hydroxylation is 3. The lowest BCUT2D eigenvalue weighted by Crippen LogP contribution is -2.01. The second-order valence-electron chi connectivity index (χ2n) is 4.60. The Hall–Kier alpha value is -2.10. The van der Waals surface area contributed by atoms with Gasteiger partial charge in [0.1, 0.15) is 0 Å². The molecule has 4 heteroatoms. The molecule has 0 spiro atoms. The fourth-order valence-electron chi connectivity index (χ4n) is 2.10. The van der Waals surface area contributed by atoms with Gasteiger partial charge in [0.25, 0.3) is 0 Å². The average Bonchev–Trinajstić information content (AvgIpc) is 2.60. The van der Waals surface area contributed by atoms with Crippen molar-refractivity contribution in [1.82, 2.24) is 10.2 Å². The molecular formula is C14H16N2O2. The fraction of sp³-hybridized carbons (Fsp3) is 0.286. The fourth-order valence-corrected chi connectivity index (χ4v) is 2.10. The summed E-state index contributed by atoms with van der Waals surface area (Å²) in [6.07, 6.45) is 0. The number of benzene rings is 1. The normalized spacial score (nSPS) is 10.7. The number of aromatic amines is 1. The molecule has 4 nitrogen and oxygen atoms in total. The summed E-state index contributed by atoms with van der Waals surface area (Å²) in [6, 6.07) is 3.61. The summed E-state index contributed by atoms with van der Waals surface area (Å²) in [7, 11) is 0. The van der Waals surface area contributed by atoms with E-state index in [-0.39, 0.29) is 0 Å². The van der Waals surface area contributed by atoms with Gasteiger partial charge < -0.3 is 5.11 Å². The van der Waals surface area contributed by atoms with Crippen LogP contribution in [0.5, 0.6) is 0 Å². The Kier molecular flexibility index (Phi) is 2.95. The summed E-state index contributed by atoms with van der Waals surface area (Å²) >= 11 is 0.